The molecule has 1 atom stereocenters. The third-order valence-corrected chi connectivity index (χ3v) is 5.15. The van der Waals surface area contributed by atoms with E-state index in [0.717, 1.165) is 13.1 Å². The second-order valence-corrected chi connectivity index (χ2v) is 6.79. The zero-order valence-electron chi connectivity index (χ0n) is 16.7. The van der Waals surface area contributed by atoms with Crippen LogP contribution in [0, 0.1) is 0 Å². The second kappa shape index (κ2) is 9.46. The summed E-state index contributed by atoms with van der Waals surface area (Å²) in [5.41, 5.74) is 1.69. The molecular weight excluding hydrogens is 356 g/mol. The van der Waals surface area contributed by atoms with Crippen LogP contribution in [-0.4, -0.2) is 51.8 Å². The van der Waals surface area contributed by atoms with E-state index in [-0.39, 0.29) is 11.9 Å². The number of ether oxygens (including phenoxy) is 3. The summed E-state index contributed by atoms with van der Waals surface area (Å²) < 4.78 is 16.0. The Bertz CT molecular complexity index is 763. The Hall–Kier alpha value is -2.73. The lowest BCUT2D eigenvalue weighted by molar-refractivity contribution is 0.0937. The zero-order chi connectivity index (χ0) is 19.9. The van der Waals surface area contributed by atoms with Crippen LogP contribution in [0.5, 0.6) is 17.2 Å². The molecule has 0 aromatic heterocycles. The fourth-order valence-corrected chi connectivity index (χ4v) is 3.69. The van der Waals surface area contributed by atoms with Crippen LogP contribution in [0.1, 0.15) is 34.8 Å². The van der Waals surface area contributed by atoms with Gasteiger partial charge in [-0.1, -0.05) is 30.3 Å². The highest BCUT2D eigenvalue weighted by molar-refractivity contribution is 5.95. The predicted molar refractivity (Wildman–Crippen MR) is 108 cm³/mol. The lowest BCUT2D eigenvalue weighted by atomic mass is 10.1. The number of nitrogens with one attached hydrogen (secondary N) is 1. The van der Waals surface area contributed by atoms with E-state index in [1.807, 2.05) is 18.2 Å². The molecule has 1 aliphatic heterocycles. The Balaban J connectivity index is 1.77. The molecule has 2 aromatic carbocycles. The Kier molecular flexibility index (Phi) is 6.76. The maximum atomic E-state index is 12.8. The van der Waals surface area contributed by atoms with E-state index in [0.29, 0.717) is 29.4 Å². The molecular formula is C22H28N2O4. The van der Waals surface area contributed by atoms with Crippen molar-refractivity contribution in [3.63, 3.8) is 0 Å². The molecule has 3 rings (SSSR count). The van der Waals surface area contributed by atoms with E-state index in [1.165, 1.54) is 32.6 Å². The largest absolute Gasteiger partial charge is 0.493 e. The summed E-state index contributed by atoms with van der Waals surface area (Å²) in [5, 5.41) is 3.08. The lowest BCUT2D eigenvalue weighted by Crippen LogP contribution is -2.36. The van der Waals surface area contributed by atoms with E-state index in [9.17, 15) is 4.79 Å². The van der Waals surface area contributed by atoms with E-state index >= 15 is 0 Å². The fourth-order valence-electron chi connectivity index (χ4n) is 3.69. The average molecular weight is 384 g/mol. The maximum absolute atomic E-state index is 12.8. The monoisotopic (exact) mass is 384 g/mol. The molecule has 1 heterocycles. The van der Waals surface area contributed by atoms with Gasteiger partial charge in [-0.15, -0.1) is 0 Å². The summed E-state index contributed by atoms with van der Waals surface area (Å²) in [4.78, 5) is 15.3. The first kappa shape index (κ1) is 20.0. The van der Waals surface area contributed by atoms with Crippen LogP contribution in [0.25, 0.3) is 0 Å². The first-order valence-electron chi connectivity index (χ1n) is 9.55. The number of amides is 1. The quantitative estimate of drug-likeness (QED) is 0.757. The minimum Gasteiger partial charge on any atom is -0.493 e. The predicted octanol–water partition coefficient (Wildman–Crippen LogP) is 3.28. The summed E-state index contributed by atoms with van der Waals surface area (Å²) in [6, 6.07) is 13.8. The van der Waals surface area contributed by atoms with E-state index in [2.05, 4.69) is 22.3 Å². The van der Waals surface area contributed by atoms with Gasteiger partial charge in [0.25, 0.3) is 5.91 Å². The third-order valence-electron chi connectivity index (χ3n) is 5.15. The SMILES string of the molecule is COc1cc(C(=O)NC[C@@H](c2ccccc2)N2CCCC2)cc(OC)c1OC. The highest BCUT2D eigenvalue weighted by Gasteiger charge is 2.24. The topological polar surface area (TPSA) is 60.0 Å². The molecule has 150 valence electrons. The first-order chi connectivity index (χ1) is 13.7. The number of methoxy groups -OCH3 is 3. The summed E-state index contributed by atoms with van der Waals surface area (Å²) in [5.74, 6) is 1.23. The van der Waals surface area contributed by atoms with Crippen molar-refractivity contribution in [2.24, 2.45) is 0 Å². The molecule has 6 heteroatoms. The minimum atomic E-state index is -0.167. The summed E-state index contributed by atoms with van der Waals surface area (Å²) in [6.07, 6.45) is 2.40. The van der Waals surface area contributed by atoms with Gasteiger partial charge in [-0.2, -0.15) is 0 Å². The molecule has 0 aliphatic carbocycles. The molecule has 1 aliphatic rings. The molecule has 28 heavy (non-hydrogen) atoms. The molecule has 0 radical (unpaired) electrons. The van der Waals surface area contributed by atoms with Crippen LogP contribution in [0.3, 0.4) is 0 Å². The fraction of sp³-hybridized carbons (Fsp3) is 0.409. The van der Waals surface area contributed by atoms with Crippen LogP contribution in [-0.2, 0) is 0 Å². The van der Waals surface area contributed by atoms with Crippen molar-refractivity contribution in [2.75, 3.05) is 41.0 Å². The van der Waals surface area contributed by atoms with Crippen molar-refractivity contribution in [1.82, 2.24) is 10.2 Å². The van der Waals surface area contributed by atoms with E-state index in [4.69, 9.17) is 14.2 Å². The summed E-state index contributed by atoms with van der Waals surface area (Å²) in [6.45, 7) is 2.65. The molecule has 1 N–H and O–H groups in total. The number of likely N-dealkylation sites (tertiary alicyclic amines) is 1. The van der Waals surface area contributed by atoms with E-state index < -0.39 is 0 Å². The zero-order valence-corrected chi connectivity index (χ0v) is 16.7. The second-order valence-electron chi connectivity index (χ2n) is 6.79. The van der Waals surface area contributed by atoms with E-state index in [1.54, 1.807) is 19.2 Å². The average Bonchev–Trinajstić information content (AvgIpc) is 3.27. The number of benzene rings is 2. The van der Waals surface area contributed by atoms with Gasteiger partial charge in [0.15, 0.2) is 11.5 Å². The van der Waals surface area contributed by atoms with Crippen LogP contribution in [0.15, 0.2) is 42.5 Å². The van der Waals surface area contributed by atoms with Crippen molar-refractivity contribution in [2.45, 2.75) is 18.9 Å². The number of nitrogens with zero attached hydrogens (tertiary/aromatic N) is 1. The van der Waals surface area contributed by atoms with Crippen molar-refractivity contribution >= 4 is 5.91 Å². The summed E-state index contributed by atoms with van der Waals surface area (Å²) >= 11 is 0. The van der Waals surface area contributed by atoms with Crippen molar-refractivity contribution in [3.8, 4) is 17.2 Å². The molecule has 1 saturated heterocycles. The molecule has 0 spiro atoms. The molecule has 1 amide bonds. The van der Waals surface area contributed by atoms with Crippen LogP contribution in [0.2, 0.25) is 0 Å². The van der Waals surface area contributed by atoms with Crippen molar-refractivity contribution in [3.05, 3.63) is 53.6 Å². The van der Waals surface area contributed by atoms with Crippen LogP contribution >= 0.6 is 0 Å². The van der Waals surface area contributed by atoms with Crippen LogP contribution in [0.4, 0.5) is 0 Å². The number of carbonyl (C=O) groups is 1. The summed E-state index contributed by atoms with van der Waals surface area (Å²) in [7, 11) is 4.62. The third kappa shape index (κ3) is 4.39. The maximum Gasteiger partial charge on any atom is 0.251 e. The first-order valence-corrected chi connectivity index (χ1v) is 9.55. The Morgan fingerprint density at radius 1 is 1.00 bits per heavy atom. The molecule has 0 unspecified atom stereocenters. The Morgan fingerprint density at radius 3 is 2.14 bits per heavy atom. The number of rotatable bonds is 8. The molecule has 0 bridgehead atoms. The van der Waals surface area contributed by atoms with Gasteiger partial charge < -0.3 is 19.5 Å². The van der Waals surface area contributed by atoms with Gasteiger partial charge in [0.1, 0.15) is 0 Å². The van der Waals surface area contributed by atoms with Gasteiger partial charge in [0.05, 0.1) is 27.4 Å². The Morgan fingerprint density at radius 2 is 1.61 bits per heavy atom. The van der Waals surface area contributed by atoms with Gasteiger partial charge >= 0.3 is 0 Å². The smallest absolute Gasteiger partial charge is 0.251 e. The Labute approximate surface area is 166 Å². The number of hydrogen-bond acceptors (Lipinski definition) is 5. The van der Waals surface area contributed by atoms with Crippen molar-refractivity contribution in [1.29, 1.82) is 0 Å². The highest BCUT2D eigenvalue weighted by atomic mass is 16.5. The van der Waals surface area contributed by atoms with Gasteiger partial charge in [-0.25, -0.2) is 0 Å². The van der Waals surface area contributed by atoms with Crippen molar-refractivity contribution < 1.29 is 19.0 Å². The number of hydrogen-bond donors (Lipinski definition) is 1. The minimum absolute atomic E-state index is 0.162. The highest BCUT2D eigenvalue weighted by Crippen LogP contribution is 2.38. The molecule has 2 aromatic rings. The molecule has 0 saturated carbocycles. The molecule has 1 fully saturated rings. The van der Waals surface area contributed by atoms with Crippen LogP contribution < -0.4 is 19.5 Å². The van der Waals surface area contributed by atoms with Gasteiger partial charge in [0, 0.05) is 12.1 Å². The van der Waals surface area contributed by atoms with Gasteiger partial charge in [-0.3, -0.25) is 9.69 Å². The van der Waals surface area contributed by atoms with Gasteiger partial charge in [-0.05, 0) is 43.6 Å². The lowest BCUT2D eigenvalue weighted by Gasteiger charge is -2.28. The number of carbonyl (C=O) groups excluding carboxylic acids is 1. The molecule has 6 nitrogen and oxygen atoms in total. The standard InChI is InChI=1S/C22H28N2O4/c1-26-19-13-17(14-20(27-2)21(19)28-3)22(25)23-15-18(24-11-7-8-12-24)16-9-5-4-6-10-16/h4-6,9-10,13-14,18H,7-8,11-12,15H2,1-3H3,(H,23,25)/t18-/m0/s1. The normalized spacial score (nSPS) is 15.1. The van der Waals surface area contributed by atoms with Gasteiger partial charge in [0.2, 0.25) is 5.75 Å².